The Balaban J connectivity index is 1.98. The molecule has 5 rings (SSSR count). The molecule has 0 aliphatic rings. The van der Waals surface area contributed by atoms with Crippen LogP contribution in [0.4, 0.5) is 0 Å². The summed E-state index contributed by atoms with van der Waals surface area (Å²) in [5.74, 6) is 0.426. The summed E-state index contributed by atoms with van der Waals surface area (Å²) in [7, 11) is 1.82. The van der Waals surface area contributed by atoms with Gasteiger partial charge in [0.05, 0.1) is 16.6 Å². The van der Waals surface area contributed by atoms with E-state index in [1.54, 1.807) is 27.3 Å². The van der Waals surface area contributed by atoms with E-state index in [0.29, 0.717) is 27.4 Å². The molecule has 0 saturated carbocycles. The first-order chi connectivity index (χ1) is 15.5. The molecule has 0 aliphatic heterocycles. The fraction of sp³-hybridized carbons (Fsp3) is 0.115. The predicted octanol–water partition coefficient (Wildman–Crippen LogP) is 5.18. The van der Waals surface area contributed by atoms with Gasteiger partial charge in [-0.1, -0.05) is 66.2 Å². The number of halogens is 1. The average Bonchev–Trinajstić information content (AvgIpc) is 2.82. The summed E-state index contributed by atoms with van der Waals surface area (Å²) in [5.41, 5.74) is 1.93. The lowest BCUT2D eigenvalue weighted by molar-refractivity contribution is 0.615. The summed E-state index contributed by atoms with van der Waals surface area (Å²) in [4.78, 5) is 32.2. The maximum absolute atomic E-state index is 13.9. The topological polar surface area (TPSA) is 56.9 Å². The molecular weight excluding hydrogens is 422 g/mol. The molecule has 32 heavy (non-hydrogen) atoms. The van der Waals surface area contributed by atoms with Crippen LogP contribution in [0.1, 0.15) is 18.5 Å². The van der Waals surface area contributed by atoms with Crippen molar-refractivity contribution in [2.75, 3.05) is 0 Å². The summed E-state index contributed by atoms with van der Waals surface area (Å²) >= 11 is 6.53. The molecule has 0 bridgehead atoms. The molecule has 0 aliphatic carbocycles. The Morgan fingerprint density at radius 2 is 1.53 bits per heavy atom. The van der Waals surface area contributed by atoms with Crippen molar-refractivity contribution in [3.8, 4) is 11.4 Å². The Morgan fingerprint density at radius 1 is 0.875 bits per heavy atom. The van der Waals surface area contributed by atoms with Crippen molar-refractivity contribution in [2.45, 2.75) is 13.0 Å². The highest BCUT2D eigenvalue weighted by atomic mass is 35.5. The van der Waals surface area contributed by atoms with Gasteiger partial charge in [0.1, 0.15) is 11.2 Å². The minimum atomic E-state index is -0.382. The number of para-hydroxylation sites is 1. The highest BCUT2D eigenvalue weighted by Gasteiger charge is 2.23. The Morgan fingerprint density at radius 3 is 2.28 bits per heavy atom. The molecule has 2 aromatic heterocycles. The summed E-state index contributed by atoms with van der Waals surface area (Å²) < 4.78 is 3.38. The number of benzene rings is 3. The van der Waals surface area contributed by atoms with Crippen molar-refractivity contribution in [3.05, 3.63) is 110 Å². The van der Waals surface area contributed by atoms with Crippen molar-refractivity contribution >= 4 is 33.5 Å². The zero-order valence-electron chi connectivity index (χ0n) is 17.6. The third-order valence-corrected chi connectivity index (χ3v) is 6.26. The van der Waals surface area contributed by atoms with E-state index >= 15 is 0 Å². The molecule has 6 heteroatoms. The maximum atomic E-state index is 13.9. The van der Waals surface area contributed by atoms with Gasteiger partial charge >= 0.3 is 0 Å². The third-order valence-electron chi connectivity index (χ3n) is 5.94. The molecule has 1 unspecified atom stereocenters. The first kappa shape index (κ1) is 20.2. The number of nitrogens with zero attached hydrogens (tertiary/aromatic N) is 3. The summed E-state index contributed by atoms with van der Waals surface area (Å²) in [6, 6.07) is 23.9. The van der Waals surface area contributed by atoms with Crippen molar-refractivity contribution < 1.29 is 0 Å². The van der Waals surface area contributed by atoms with Crippen molar-refractivity contribution in [1.29, 1.82) is 0 Å². The van der Waals surface area contributed by atoms with E-state index in [4.69, 9.17) is 16.6 Å². The van der Waals surface area contributed by atoms with Crippen LogP contribution in [0, 0.1) is 0 Å². The fourth-order valence-corrected chi connectivity index (χ4v) is 4.46. The zero-order chi connectivity index (χ0) is 22.4. The first-order valence-corrected chi connectivity index (χ1v) is 10.7. The molecule has 5 aromatic rings. The molecule has 158 valence electrons. The largest absolute Gasteiger partial charge is 0.328 e. The third kappa shape index (κ3) is 3.05. The standard InChI is InChI=1S/C26H20ClN3O2/c1-16(17-10-4-3-5-11-17)30-24(18-12-6-8-14-20(18)27)28-25-22(26(30)32)23(31)19-13-7-9-15-21(19)29(25)2/h3-16H,1-2H3. The fourth-order valence-electron chi connectivity index (χ4n) is 4.24. The number of pyridine rings is 1. The van der Waals surface area contributed by atoms with Crippen molar-refractivity contribution in [2.24, 2.45) is 7.05 Å². The average molecular weight is 442 g/mol. The SMILES string of the molecule is CC(c1ccccc1)n1c(-c2ccccc2Cl)nc2c(c(=O)c3ccccc3n2C)c1=O. The van der Waals surface area contributed by atoms with Gasteiger partial charge in [-0.2, -0.15) is 0 Å². The van der Waals surface area contributed by atoms with Gasteiger partial charge in [-0.05, 0) is 36.8 Å². The molecule has 0 N–H and O–H groups in total. The molecule has 0 saturated heterocycles. The quantitative estimate of drug-likeness (QED) is 0.362. The van der Waals surface area contributed by atoms with Crippen LogP contribution in [0.25, 0.3) is 33.3 Å². The normalized spacial score (nSPS) is 12.3. The highest BCUT2D eigenvalue weighted by molar-refractivity contribution is 6.33. The van der Waals surface area contributed by atoms with E-state index in [2.05, 4.69) is 0 Å². The van der Waals surface area contributed by atoms with Gasteiger partial charge in [-0.25, -0.2) is 4.98 Å². The number of hydrogen-bond acceptors (Lipinski definition) is 3. The van der Waals surface area contributed by atoms with E-state index in [0.717, 1.165) is 11.1 Å². The molecule has 3 aromatic carbocycles. The lowest BCUT2D eigenvalue weighted by Gasteiger charge is -2.22. The van der Waals surface area contributed by atoms with Crippen LogP contribution in [0.3, 0.4) is 0 Å². The Kier molecular flexibility index (Phi) is 4.91. The number of fused-ring (bicyclic) bond motifs is 2. The first-order valence-electron chi connectivity index (χ1n) is 10.3. The zero-order valence-corrected chi connectivity index (χ0v) is 18.4. The van der Waals surface area contributed by atoms with E-state index in [1.165, 1.54) is 0 Å². The highest BCUT2D eigenvalue weighted by Crippen LogP contribution is 2.30. The molecular formula is C26H20ClN3O2. The second-order valence-corrected chi connectivity index (χ2v) is 8.19. The molecule has 0 fully saturated rings. The molecule has 0 radical (unpaired) electrons. The number of hydrogen-bond donors (Lipinski definition) is 0. The number of rotatable bonds is 3. The van der Waals surface area contributed by atoms with Gasteiger partial charge in [0.25, 0.3) is 5.56 Å². The van der Waals surface area contributed by atoms with Crippen LogP contribution in [-0.2, 0) is 7.05 Å². The Bertz CT molecular complexity index is 1600. The molecule has 2 heterocycles. The van der Waals surface area contributed by atoms with Crippen LogP contribution in [0.5, 0.6) is 0 Å². The van der Waals surface area contributed by atoms with Crippen molar-refractivity contribution in [3.63, 3.8) is 0 Å². The van der Waals surface area contributed by atoms with Crippen LogP contribution in [-0.4, -0.2) is 14.1 Å². The van der Waals surface area contributed by atoms with Crippen LogP contribution in [0.2, 0.25) is 5.02 Å². The summed E-state index contributed by atoms with van der Waals surface area (Å²) in [6.45, 7) is 1.93. The van der Waals surface area contributed by atoms with Gasteiger partial charge in [0, 0.05) is 18.0 Å². The van der Waals surface area contributed by atoms with Crippen molar-refractivity contribution in [1.82, 2.24) is 14.1 Å². The predicted molar refractivity (Wildman–Crippen MR) is 129 cm³/mol. The Hall–Kier alpha value is -3.70. The minimum absolute atomic E-state index is 0.0739. The number of aryl methyl sites for hydroxylation is 1. The lowest BCUT2D eigenvalue weighted by atomic mass is 10.1. The maximum Gasteiger partial charge on any atom is 0.267 e. The van der Waals surface area contributed by atoms with Gasteiger partial charge in [-0.3, -0.25) is 14.2 Å². The van der Waals surface area contributed by atoms with Crippen LogP contribution < -0.4 is 11.0 Å². The smallest absolute Gasteiger partial charge is 0.267 e. The van der Waals surface area contributed by atoms with E-state index in [9.17, 15) is 9.59 Å². The van der Waals surface area contributed by atoms with Crippen LogP contribution in [0.15, 0.2) is 88.5 Å². The van der Waals surface area contributed by atoms with Gasteiger partial charge in [0.15, 0.2) is 5.65 Å². The summed E-state index contributed by atoms with van der Waals surface area (Å²) in [6.07, 6.45) is 0. The molecule has 0 spiro atoms. The molecule has 5 nitrogen and oxygen atoms in total. The van der Waals surface area contributed by atoms with Gasteiger partial charge in [-0.15, -0.1) is 0 Å². The van der Waals surface area contributed by atoms with E-state index < -0.39 is 0 Å². The van der Waals surface area contributed by atoms with E-state index in [-0.39, 0.29) is 22.4 Å². The van der Waals surface area contributed by atoms with Gasteiger partial charge in [0.2, 0.25) is 5.43 Å². The molecule has 0 amide bonds. The minimum Gasteiger partial charge on any atom is -0.328 e. The number of aromatic nitrogens is 3. The molecule has 1 atom stereocenters. The second-order valence-electron chi connectivity index (χ2n) is 7.78. The Labute approximate surface area is 189 Å². The second kappa shape index (κ2) is 7.77. The van der Waals surface area contributed by atoms with E-state index in [1.807, 2.05) is 74.6 Å². The monoisotopic (exact) mass is 441 g/mol. The van der Waals surface area contributed by atoms with Crippen LogP contribution >= 0.6 is 11.6 Å². The summed E-state index contributed by atoms with van der Waals surface area (Å²) in [5, 5.41) is 1.05. The van der Waals surface area contributed by atoms with Gasteiger partial charge < -0.3 is 4.57 Å². The lowest BCUT2D eigenvalue weighted by Crippen LogP contribution is -2.31.